The molecular formula is C13H11Cl2N3O4S2. The first-order chi connectivity index (χ1) is 11.4. The van der Waals surface area contributed by atoms with Gasteiger partial charge < -0.3 is 10.1 Å². The van der Waals surface area contributed by atoms with Crippen molar-refractivity contribution in [2.45, 2.75) is 0 Å². The van der Waals surface area contributed by atoms with Gasteiger partial charge in [0.25, 0.3) is 5.91 Å². The number of amides is 2. The Morgan fingerprint density at radius 1 is 1.42 bits per heavy atom. The Labute approximate surface area is 157 Å². The monoisotopic (exact) mass is 407 g/mol. The summed E-state index contributed by atoms with van der Waals surface area (Å²) in [7, 11) is 0. The van der Waals surface area contributed by atoms with Crippen molar-refractivity contribution in [2.24, 2.45) is 0 Å². The summed E-state index contributed by atoms with van der Waals surface area (Å²) in [4.78, 5) is 40.1. The number of nitrogens with zero attached hydrogens (tertiary/aromatic N) is 2. The molecule has 1 aliphatic rings. The van der Waals surface area contributed by atoms with Crippen LogP contribution in [0.15, 0.2) is 12.1 Å². The molecule has 1 N–H and O–H groups in total. The van der Waals surface area contributed by atoms with E-state index in [9.17, 15) is 14.4 Å². The Balaban J connectivity index is 1.75. The minimum absolute atomic E-state index is 0.0726. The van der Waals surface area contributed by atoms with Gasteiger partial charge >= 0.3 is 5.97 Å². The number of hydrogen-bond donors (Lipinski definition) is 1. The summed E-state index contributed by atoms with van der Waals surface area (Å²) in [6, 6.07) is 2.83. The summed E-state index contributed by atoms with van der Waals surface area (Å²) in [6.45, 7) is -0.0402. The number of esters is 1. The second-order valence-electron chi connectivity index (χ2n) is 4.49. The van der Waals surface area contributed by atoms with Crippen LogP contribution in [0.1, 0.15) is 10.5 Å². The summed E-state index contributed by atoms with van der Waals surface area (Å²) in [5, 5.41) is 2.68. The molecule has 0 aromatic carbocycles. The lowest BCUT2D eigenvalue weighted by molar-refractivity contribution is -0.126. The predicted octanol–water partition coefficient (Wildman–Crippen LogP) is 1.52. The molecule has 0 bridgehead atoms. The van der Waals surface area contributed by atoms with Gasteiger partial charge in [0.15, 0.2) is 12.3 Å². The lowest BCUT2D eigenvalue weighted by Gasteiger charge is -2.15. The average molecular weight is 408 g/mol. The lowest BCUT2D eigenvalue weighted by atomic mass is 10.3. The van der Waals surface area contributed by atoms with Crippen LogP contribution < -0.4 is 5.32 Å². The highest BCUT2D eigenvalue weighted by Crippen LogP contribution is 2.18. The van der Waals surface area contributed by atoms with Gasteiger partial charge in [-0.15, -0.1) is 0 Å². The second-order valence-corrected chi connectivity index (χ2v) is 6.89. The SMILES string of the molecule is O=C(COC(=O)c1nc(Cl)ccc1Cl)NCCN1C(=O)CSC1=S. The fourth-order valence-electron chi connectivity index (χ4n) is 1.72. The van der Waals surface area contributed by atoms with Crippen LogP contribution in [0.2, 0.25) is 10.2 Å². The minimum atomic E-state index is -0.857. The zero-order valence-corrected chi connectivity index (χ0v) is 15.2. The van der Waals surface area contributed by atoms with Gasteiger partial charge in [-0.2, -0.15) is 0 Å². The third-order valence-electron chi connectivity index (χ3n) is 2.84. The molecular weight excluding hydrogens is 397 g/mol. The number of aromatic nitrogens is 1. The predicted molar refractivity (Wildman–Crippen MR) is 94.3 cm³/mol. The Bertz CT molecular complexity index is 686. The smallest absolute Gasteiger partial charge is 0.359 e. The third kappa shape index (κ3) is 5.04. The quantitative estimate of drug-likeness (QED) is 0.434. The van der Waals surface area contributed by atoms with Crippen LogP contribution in [0.25, 0.3) is 0 Å². The zero-order valence-electron chi connectivity index (χ0n) is 12.1. The van der Waals surface area contributed by atoms with Crippen molar-refractivity contribution >= 4 is 69.3 Å². The Morgan fingerprint density at radius 3 is 2.83 bits per heavy atom. The van der Waals surface area contributed by atoms with Crippen LogP contribution in [-0.4, -0.2) is 57.4 Å². The van der Waals surface area contributed by atoms with Gasteiger partial charge in [-0.25, -0.2) is 9.78 Å². The van der Waals surface area contributed by atoms with Gasteiger partial charge in [-0.05, 0) is 12.1 Å². The van der Waals surface area contributed by atoms with E-state index in [0.717, 1.165) is 0 Å². The molecule has 1 fully saturated rings. The largest absolute Gasteiger partial charge is 0.451 e. The minimum Gasteiger partial charge on any atom is -0.451 e. The fraction of sp³-hybridized carbons (Fsp3) is 0.308. The second kappa shape index (κ2) is 8.61. The van der Waals surface area contributed by atoms with Crippen LogP contribution in [0.3, 0.4) is 0 Å². The molecule has 2 heterocycles. The molecule has 0 atom stereocenters. The topological polar surface area (TPSA) is 88.6 Å². The summed E-state index contributed by atoms with van der Waals surface area (Å²) < 4.78 is 5.31. The summed E-state index contributed by atoms with van der Waals surface area (Å²) in [6.07, 6.45) is 0. The molecule has 2 amide bonds. The highest BCUT2D eigenvalue weighted by molar-refractivity contribution is 8.23. The summed E-state index contributed by atoms with van der Waals surface area (Å²) in [5.74, 6) is -1.15. The Morgan fingerprint density at radius 2 is 2.17 bits per heavy atom. The molecule has 0 saturated carbocycles. The van der Waals surface area contributed by atoms with Crippen LogP contribution in [-0.2, 0) is 14.3 Å². The van der Waals surface area contributed by atoms with Gasteiger partial charge in [-0.1, -0.05) is 47.2 Å². The highest BCUT2D eigenvalue weighted by Gasteiger charge is 2.26. The molecule has 1 aliphatic heterocycles. The molecule has 0 aliphatic carbocycles. The van der Waals surface area contributed by atoms with E-state index in [2.05, 4.69) is 10.3 Å². The van der Waals surface area contributed by atoms with Crippen molar-refractivity contribution in [3.05, 3.63) is 28.0 Å². The number of hydrogen-bond acceptors (Lipinski definition) is 7. The van der Waals surface area contributed by atoms with Gasteiger partial charge in [0, 0.05) is 13.1 Å². The molecule has 1 aromatic rings. The van der Waals surface area contributed by atoms with Gasteiger partial charge in [0.05, 0.1) is 10.8 Å². The van der Waals surface area contributed by atoms with E-state index in [1.165, 1.54) is 28.8 Å². The number of halogens is 2. The summed E-state index contributed by atoms with van der Waals surface area (Å²) >= 11 is 17.8. The van der Waals surface area contributed by atoms with E-state index >= 15 is 0 Å². The van der Waals surface area contributed by atoms with E-state index in [0.29, 0.717) is 10.1 Å². The van der Waals surface area contributed by atoms with Crippen LogP contribution >= 0.6 is 47.2 Å². The third-order valence-corrected chi connectivity index (χ3v) is 4.79. The number of pyridine rings is 1. The molecule has 0 spiro atoms. The van der Waals surface area contributed by atoms with E-state index in [1.54, 1.807) is 0 Å². The first-order valence-electron chi connectivity index (χ1n) is 6.61. The van der Waals surface area contributed by atoms with Gasteiger partial charge in [-0.3, -0.25) is 14.5 Å². The molecule has 128 valence electrons. The average Bonchev–Trinajstić information content (AvgIpc) is 2.86. The standard InChI is InChI=1S/C13H11Cl2N3O4S2/c14-7-1-2-8(15)17-11(7)12(21)22-5-9(19)16-3-4-18-10(20)6-24-13(18)23/h1-2H,3-6H2,(H,16,19). The maximum absolute atomic E-state index is 11.8. The molecule has 2 rings (SSSR count). The molecule has 1 saturated heterocycles. The number of thiocarbonyl (C=S) groups is 1. The van der Waals surface area contributed by atoms with E-state index in [4.69, 9.17) is 40.2 Å². The van der Waals surface area contributed by atoms with E-state index in [1.807, 2.05) is 0 Å². The zero-order chi connectivity index (χ0) is 17.7. The first-order valence-corrected chi connectivity index (χ1v) is 8.76. The van der Waals surface area contributed by atoms with Crippen molar-refractivity contribution in [3.8, 4) is 0 Å². The number of rotatable bonds is 6. The first kappa shape index (κ1) is 18.9. The number of nitrogens with one attached hydrogen (secondary N) is 1. The molecule has 7 nitrogen and oxygen atoms in total. The van der Waals surface area contributed by atoms with E-state index in [-0.39, 0.29) is 34.9 Å². The normalized spacial score (nSPS) is 14.0. The Hall–Kier alpha value is -1.42. The van der Waals surface area contributed by atoms with Crippen molar-refractivity contribution in [1.82, 2.24) is 15.2 Å². The molecule has 1 aromatic heterocycles. The number of ether oxygens (including phenoxy) is 1. The molecule has 0 unspecified atom stereocenters. The van der Waals surface area contributed by atoms with E-state index < -0.39 is 18.5 Å². The molecule has 0 radical (unpaired) electrons. The van der Waals surface area contributed by atoms with Crippen molar-refractivity contribution in [3.63, 3.8) is 0 Å². The number of carbonyl (C=O) groups is 3. The van der Waals surface area contributed by atoms with Gasteiger partial charge in [0.2, 0.25) is 5.91 Å². The molecule has 24 heavy (non-hydrogen) atoms. The van der Waals surface area contributed by atoms with Crippen LogP contribution in [0, 0.1) is 0 Å². The van der Waals surface area contributed by atoms with Crippen molar-refractivity contribution in [2.75, 3.05) is 25.4 Å². The number of thioether (sulfide) groups is 1. The highest BCUT2D eigenvalue weighted by atomic mass is 35.5. The van der Waals surface area contributed by atoms with Crippen molar-refractivity contribution < 1.29 is 19.1 Å². The van der Waals surface area contributed by atoms with Crippen LogP contribution in [0.4, 0.5) is 0 Å². The van der Waals surface area contributed by atoms with Crippen LogP contribution in [0.5, 0.6) is 0 Å². The maximum Gasteiger partial charge on any atom is 0.359 e. The Kier molecular flexibility index (Phi) is 6.79. The summed E-state index contributed by atoms with van der Waals surface area (Å²) in [5.41, 5.74) is -0.165. The molecule has 11 heteroatoms. The van der Waals surface area contributed by atoms with Crippen molar-refractivity contribution in [1.29, 1.82) is 0 Å². The van der Waals surface area contributed by atoms with Gasteiger partial charge in [0.1, 0.15) is 9.47 Å². The maximum atomic E-state index is 11.8. The number of carbonyl (C=O) groups excluding carboxylic acids is 3. The fourth-order valence-corrected chi connectivity index (χ4v) is 3.17. The lowest BCUT2D eigenvalue weighted by Crippen LogP contribution is -2.38.